The van der Waals surface area contributed by atoms with Crippen molar-refractivity contribution in [3.8, 4) is 5.75 Å². The summed E-state index contributed by atoms with van der Waals surface area (Å²) in [5.74, 6) is 0.397. The molecule has 2 aromatic heterocycles. The van der Waals surface area contributed by atoms with Crippen LogP contribution in [0.2, 0.25) is 0 Å². The maximum Gasteiger partial charge on any atom is 0.255 e. The molecule has 2 heterocycles. The SMILES string of the molecule is CCCc1nc(COc2cccnc2F)no1. The largest absolute Gasteiger partial charge is 0.481 e. The summed E-state index contributed by atoms with van der Waals surface area (Å²) in [5.41, 5.74) is 0. The first-order chi connectivity index (χ1) is 8.29. The minimum Gasteiger partial charge on any atom is -0.481 e. The molecule has 2 rings (SSSR count). The molecule has 0 spiro atoms. The lowest BCUT2D eigenvalue weighted by atomic mass is 10.3. The van der Waals surface area contributed by atoms with Gasteiger partial charge in [0.2, 0.25) is 11.7 Å². The monoisotopic (exact) mass is 237 g/mol. The van der Waals surface area contributed by atoms with Crippen molar-refractivity contribution in [2.24, 2.45) is 0 Å². The van der Waals surface area contributed by atoms with Crippen LogP contribution >= 0.6 is 0 Å². The second-order valence-corrected chi connectivity index (χ2v) is 3.44. The Morgan fingerprint density at radius 2 is 2.35 bits per heavy atom. The smallest absolute Gasteiger partial charge is 0.255 e. The second kappa shape index (κ2) is 5.38. The Labute approximate surface area is 97.6 Å². The Hall–Kier alpha value is -1.98. The highest BCUT2D eigenvalue weighted by Crippen LogP contribution is 2.14. The van der Waals surface area contributed by atoms with E-state index >= 15 is 0 Å². The van der Waals surface area contributed by atoms with Gasteiger partial charge >= 0.3 is 0 Å². The Kier molecular flexibility index (Phi) is 3.64. The number of halogens is 1. The normalized spacial score (nSPS) is 10.5. The molecule has 0 fully saturated rings. The summed E-state index contributed by atoms with van der Waals surface area (Å²) in [6, 6.07) is 3.09. The van der Waals surface area contributed by atoms with Crippen LogP contribution in [0.3, 0.4) is 0 Å². The Bertz CT molecular complexity index is 487. The highest BCUT2D eigenvalue weighted by atomic mass is 19.1. The van der Waals surface area contributed by atoms with Crippen LogP contribution in [0, 0.1) is 5.95 Å². The van der Waals surface area contributed by atoms with Crippen LogP contribution in [0.1, 0.15) is 25.1 Å². The van der Waals surface area contributed by atoms with Crippen LogP contribution in [0.25, 0.3) is 0 Å². The summed E-state index contributed by atoms with van der Waals surface area (Å²) in [4.78, 5) is 7.57. The van der Waals surface area contributed by atoms with Gasteiger partial charge in [0.25, 0.3) is 5.95 Å². The minimum absolute atomic E-state index is 0.0653. The third kappa shape index (κ3) is 2.99. The van der Waals surface area contributed by atoms with Crippen LogP contribution in [0.15, 0.2) is 22.9 Å². The molecule has 0 amide bonds. The maximum atomic E-state index is 13.1. The van der Waals surface area contributed by atoms with E-state index in [2.05, 4.69) is 15.1 Å². The molecule has 0 atom stereocenters. The fourth-order valence-corrected chi connectivity index (χ4v) is 1.29. The number of rotatable bonds is 5. The predicted molar refractivity (Wildman–Crippen MR) is 56.8 cm³/mol. The van der Waals surface area contributed by atoms with Crippen molar-refractivity contribution >= 4 is 0 Å². The van der Waals surface area contributed by atoms with Gasteiger partial charge in [0.1, 0.15) is 0 Å². The molecule has 0 aromatic carbocycles. The lowest BCUT2D eigenvalue weighted by Gasteiger charge is -2.02. The summed E-state index contributed by atoms with van der Waals surface area (Å²) in [7, 11) is 0. The lowest BCUT2D eigenvalue weighted by Crippen LogP contribution is -2.00. The topological polar surface area (TPSA) is 61.0 Å². The van der Waals surface area contributed by atoms with E-state index in [0.717, 1.165) is 12.8 Å². The molecule has 6 heteroatoms. The first kappa shape index (κ1) is 11.5. The van der Waals surface area contributed by atoms with E-state index < -0.39 is 5.95 Å². The van der Waals surface area contributed by atoms with Gasteiger partial charge in [-0.1, -0.05) is 12.1 Å². The second-order valence-electron chi connectivity index (χ2n) is 3.44. The fourth-order valence-electron chi connectivity index (χ4n) is 1.29. The number of hydrogen-bond acceptors (Lipinski definition) is 5. The van der Waals surface area contributed by atoms with E-state index in [1.807, 2.05) is 6.92 Å². The standard InChI is InChI=1S/C11H12FN3O2/c1-2-4-10-14-9(15-17-10)7-16-8-5-3-6-13-11(8)12/h3,5-6H,2,4,7H2,1H3. The zero-order chi connectivity index (χ0) is 12.1. The Morgan fingerprint density at radius 3 is 3.12 bits per heavy atom. The van der Waals surface area contributed by atoms with Crippen molar-refractivity contribution in [3.05, 3.63) is 36.0 Å². The molecule has 17 heavy (non-hydrogen) atoms. The number of ether oxygens (including phenoxy) is 1. The van der Waals surface area contributed by atoms with Crippen molar-refractivity contribution in [2.75, 3.05) is 0 Å². The average molecular weight is 237 g/mol. The molecule has 0 unspecified atom stereocenters. The Balaban J connectivity index is 1.95. The zero-order valence-electron chi connectivity index (χ0n) is 9.39. The zero-order valence-corrected chi connectivity index (χ0v) is 9.39. The van der Waals surface area contributed by atoms with Gasteiger partial charge in [-0.25, -0.2) is 4.98 Å². The molecule has 0 aliphatic rings. The van der Waals surface area contributed by atoms with Crippen molar-refractivity contribution in [2.45, 2.75) is 26.4 Å². The summed E-state index contributed by atoms with van der Waals surface area (Å²) in [6.07, 6.45) is 3.02. The van der Waals surface area contributed by atoms with Gasteiger partial charge in [0.05, 0.1) is 0 Å². The summed E-state index contributed by atoms with van der Waals surface area (Å²) >= 11 is 0. The van der Waals surface area contributed by atoms with Crippen LogP contribution in [0.5, 0.6) is 5.75 Å². The van der Waals surface area contributed by atoms with Gasteiger partial charge in [0.15, 0.2) is 12.4 Å². The first-order valence-corrected chi connectivity index (χ1v) is 5.34. The molecule has 0 bridgehead atoms. The summed E-state index contributed by atoms with van der Waals surface area (Å²) in [5, 5.41) is 3.73. The van der Waals surface area contributed by atoms with Crippen LogP contribution in [-0.2, 0) is 13.0 Å². The van der Waals surface area contributed by atoms with Crippen molar-refractivity contribution in [1.82, 2.24) is 15.1 Å². The van der Waals surface area contributed by atoms with Crippen LogP contribution < -0.4 is 4.74 Å². The van der Waals surface area contributed by atoms with Gasteiger partial charge in [-0.05, 0) is 18.6 Å². The van der Waals surface area contributed by atoms with Gasteiger partial charge in [-0.3, -0.25) is 0 Å². The molecule has 0 radical (unpaired) electrons. The molecule has 0 aliphatic carbocycles. The molecule has 0 saturated heterocycles. The number of aromatic nitrogens is 3. The van der Waals surface area contributed by atoms with Crippen molar-refractivity contribution in [1.29, 1.82) is 0 Å². The van der Waals surface area contributed by atoms with Gasteiger partial charge in [-0.15, -0.1) is 0 Å². The van der Waals surface area contributed by atoms with Gasteiger partial charge < -0.3 is 9.26 Å². The molecule has 90 valence electrons. The molecule has 0 aliphatic heterocycles. The quantitative estimate of drug-likeness (QED) is 0.745. The molecular weight excluding hydrogens is 225 g/mol. The minimum atomic E-state index is -0.648. The number of nitrogens with zero attached hydrogens (tertiary/aromatic N) is 3. The maximum absolute atomic E-state index is 13.1. The first-order valence-electron chi connectivity index (χ1n) is 5.34. The fraction of sp³-hybridized carbons (Fsp3) is 0.364. The molecular formula is C11H12FN3O2. The highest BCUT2D eigenvalue weighted by Gasteiger charge is 2.08. The van der Waals surface area contributed by atoms with Crippen LogP contribution in [-0.4, -0.2) is 15.1 Å². The summed E-state index contributed by atoms with van der Waals surface area (Å²) in [6.45, 7) is 2.08. The lowest BCUT2D eigenvalue weighted by molar-refractivity contribution is 0.269. The molecule has 5 nitrogen and oxygen atoms in total. The van der Waals surface area contributed by atoms with Gasteiger partial charge in [0, 0.05) is 12.6 Å². The van der Waals surface area contributed by atoms with E-state index in [1.165, 1.54) is 12.3 Å². The third-order valence-electron chi connectivity index (χ3n) is 2.06. The number of pyridine rings is 1. The van der Waals surface area contributed by atoms with E-state index in [-0.39, 0.29) is 12.4 Å². The average Bonchev–Trinajstić information content (AvgIpc) is 2.76. The number of hydrogen-bond donors (Lipinski definition) is 0. The summed E-state index contributed by atoms with van der Waals surface area (Å²) < 4.78 is 23.3. The van der Waals surface area contributed by atoms with E-state index in [4.69, 9.17) is 9.26 Å². The van der Waals surface area contributed by atoms with Crippen LogP contribution in [0.4, 0.5) is 4.39 Å². The van der Waals surface area contributed by atoms with Crippen molar-refractivity contribution in [3.63, 3.8) is 0 Å². The molecule has 2 aromatic rings. The highest BCUT2D eigenvalue weighted by molar-refractivity contribution is 5.17. The van der Waals surface area contributed by atoms with E-state index in [9.17, 15) is 4.39 Å². The van der Waals surface area contributed by atoms with Crippen molar-refractivity contribution < 1.29 is 13.7 Å². The number of aryl methyl sites for hydroxylation is 1. The Morgan fingerprint density at radius 1 is 1.47 bits per heavy atom. The van der Waals surface area contributed by atoms with Gasteiger partial charge in [-0.2, -0.15) is 9.37 Å². The van der Waals surface area contributed by atoms with E-state index in [1.54, 1.807) is 6.07 Å². The molecule has 0 saturated carbocycles. The molecule has 0 N–H and O–H groups in total. The predicted octanol–water partition coefficient (Wildman–Crippen LogP) is 2.14. The van der Waals surface area contributed by atoms with E-state index in [0.29, 0.717) is 11.7 Å². The third-order valence-corrected chi connectivity index (χ3v) is 2.06.